The van der Waals surface area contributed by atoms with Crippen molar-refractivity contribution in [1.82, 2.24) is 0 Å². The maximum atomic E-state index is 9.00. The molecule has 4 nitrogen and oxygen atoms in total. The number of nitrogens with two attached hydrogens (primary N) is 2. The number of hydrogen-bond donors (Lipinski definition) is 3. The Hall–Kier alpha value is -1.19. The summed E-state index contributed by atoms with van der Waals surface area (Å²) in [6.07, 6.45) is 1.64. The first-order valence-corrected chi connectivity index (χ1v) is 2.37. The summed E-state index contributed by atoms with van der Waals surface area (Å²) >= 11 is 0. The molecule has 0 aromatic rings. The molecule has 0 rings (SSSR count). The van der Waals surface area contributed by atoms with Gasteiger partial charge < -0.3 is 16.6 Å². The molecular weight excluding hydrogens is 120 g/mol. The minimum Gasteiger partial charge on any atom is -0.481 e. The van der Waals surface area contributed by atoms with Crippen LogP contribution in [0.4, 0.5) is 0 Å². The van der Waals surface area contributed by atoms with Crippen molar-refractivity contribution in [1.29, 1.82) is 0 Å². The highest BCUT2D eigenvalue weighted by Crippen LogP contribution is 1.59. The third-order valence-corrected chi connectivity index (χ3v) is 0.333. The van der Waals surface area contributed by atoms with Gasteiger partial charge in [0.25, 0.3) is 5.97 Å². The molecule has 0 atom stereocenters. The number of aliphatic carboxylic acids is 1. The molecule has 0 heterocycles. The standard InChI is InChI=1S/C3H8N2.C2H4O2/c1-2-3(4)5;1-2(3)4/h2H,4-5H2,1H3;1H3,(H,3,4). The predicted molar refractivity (Wildman–Crippen MR) is 35.4 cm³/mol. The Morgan fingerprint density at radius 1 is 1.56 bits per heavy atom. The van der Waals surface area contributed by atoms with Crippen LogP contribution in [0.1, 0.15) is 13.8 Å². The molecule has 5 N–H and O–H groups in total. The van der Waals surface area contributed by atoms with Gasteiger partial charge in [0.05, 0.1) is 5.82 Å². The van der Waals surface area contributed by atoms with Gasteiger partial charge in [0, 0.05) is 6.92 Å². The molecule has 0 aromatic carbocycles. The number of rotatable bonds is 0. The van der Waals surface area contributed by atoms with Gasteiger partial charge in [-0.1, -0.05) is 0 Å². The van der Waals surface area contributed by atoms with Gasteiger partial charge >= 0.3 is 0 Å². The van der Waals surface area contributed by atoms with E-state index in [4.69, 9.17) is 21.4 Å². The maximum Gasteiger partial charge on any atom is 0.300 e. The molecule has 0 aliphatic heterocycles. The molecule has 0 aromatic heterocycles. The number of hydrogen-bond acceptors (Lipinski definition) is 3. The molecule has 0 unspecified atom stereocenters. The monoisotopic (exact) mass is 132 g/mol. The molecule has 9 heavy (non-hydrogen) atoms. The summed E-state index contributed by atoms with van der Waals surface area (Å²) in [6, 6.07) is 0. The maximum absolute atomic E-state index is 9.00. The van der Waals surface area contributed by atoms with Crippen LogP contribution in [0.5, 0.6) is 0 Å². The van der Waals surface area contributed by atoms with Crippen molar-refractivity contribution in [3.05, 3.63) is 11.9 Å². The van der Waals surface area contributed by atoms with Gasteiger partial charge in [0.15, 0.2) is 0 Å². The lowest BCUT2D eigenvalue weighted by molar-refractivity contribution is -0.134. The van der Waals surface area contributed by atoms with E-state index in [1.54, 1.807) is 13.0 Å². The molecule has 4 heteroatoms. The molecule has 0 aliphatic rings. The Bertz CT molecular complexity index is 102. The van der Waals surface area contributed by atoms with Gasteiger partial charge in [0.2, 0.25) is 0 Å². The van der Waals surface area contributed by atoms with Crippen LogP contribution in [0, 0.1) is 0 Å². The van der Waals surface area contributed by atoms with E-state index >= 15 is 0 Å². The largest absolute Gasteiger partial charge is 0.481 e. The lowest BCUT2D eigenvalue weighted by Crippen LogP contribution is -2.06. The first-order chi connectivity index (χ1) is 4.00. The highest BCUT2D eigenvalue weighted by Gasteiger charge is 1.65. The first kappa shape index (κ1) is 10.7. The van der Waals surface area contributed by atoms with Gasteiger partial charge in [-0.05, 0) is 13.0 Å². The lowest BCUT2D eigenvalue weighted by Gasteiger charge is -1.78. The van der Waals surface area contributed by atoms with Crippen molar-refractivity contribution in [3.8, 4) is 0 Å². The van der Waals surface area contributed by atoms with Gasteiger partial charge in [-0.2, -0.15) is 0 Å². The molecule has 0 spiro atoms. The van der Waals surface area contributed by atoms with E-state index in [0.717, 1.165) is 6.92 Å². The van der Waals surface area contributed by atoms with E-state index in [1.807, 2.05) is 0 Å². The second-order valence-corrected chi connectivity index (χ2v) is 1.31. The summed E-state index contributed by atoms with van der Waals surface area (Å²) in [5.74, 6) is -0.454. The Labute approximate surface area is 54.2 Å². The van der Waals surface area contributed by atoms with E-state index in [0.29, 0.717) is 5.82 Å². The zero-order chi connectivity index (χ0) is 7.86. The quantitative estimate of drug-likeness (QED) is 0.427. The number of carbonyl (C=O) groups is 1. The van der Waals surface area contributed by atoms with Crippen LogP contribution < -0.4 is 11.5 Å². The topological polar surface area (TPSA) is 89.3 Å². The lowest BCUT2D eigenvalue weighted by atomic mass is 10.6. The molecule has 0 amide bonds. The smallest absolute Gasteiger partial charge is 0.300 e. The molecule has 0 bridgehead atoms. The fourth-order valence-electron chi connectivity index (χ4n) is 0. The average molecular weight is 132 g/mol. The van der Waals surface area contributed by atoms with E-state index in [1.165, 1.54) is 0 Å². The zero-order valence-electron chi connectivity index (χ0n) is 5.59. The fourth-order valence-corrected chi connectivity index (χ4v) is 0. The second kappa shape index (κ2) is 6.81. The Balaban J connectivity index is 0. The highest BCUT2D eigenvalue weighted by atomic mass is 16.4. The molecule has 0 saturated carbocycles. The molecule has 0 aliphatic carbocycles. The fraction of sp³-hybridized carbons (Fsp3) is 0.400. The summed E-state index contributed by atoms with van der Waals surface area (Å²) in [7, 11) is 0. The van der Waals surface area contributed by atoms with Crippen molar-refractivity contribution in [2.75, 3.05) is 0 Å². The van der Waals surface area contributed by atoms with Crippen LogP contribution in [-0.4, -0.2) is 11.1 Å². The van der Waals surface area contributed by atoms with Crippen molar-refractivity contribution in [2.24, 2.45) is 11.5 Å². The molecule has 0 fully saturated rings. The van der Waals surface area contributed by atoms with Crippen LogP contribution in [0.2, 0.25) is 0 Å². The minimum absolute atomic E-state index is 0.380. The Morgan fingerprint density at radius 3 is 1.67 bits per heavy atom. The number of allylic oxidation sites excluding steroid dienone is 1. The van der Waals surface area contributed by atoms with Gasteiger partial charge in [0.1, 0.15) is 0 Å². The van der Waals surface area contributed by atoms with Gasteiger partial charge in [-0.25, -0.2) is 0 Å². The van der Waals surface area contributed by atoms with Crippen molar-refractivity contribution in [3.63, 3.8) is 0 Å². The zero-order valence-corrected chi connectivity index (χ0v) is 5.59. The Kier molecular flexibility index (Phi) is 8.12. The van der Waals surface area contributed by atoms with Crippen molar-refractivity contribution in [2.45, 2.75) is 13.8 Å². The molecular formula is C5H12N2O2. The third kappa shape index (κ3) is 240. The van der Waals surface area contributed by atoms with Crippen LogP contribution in [0.3, 0.4) is 0 Å². The third-order valence-electron chi connectivity index (χ3n) is 0.333. The SMILES string of the molecule is CC(=O)O.CC=C(N)N. The van der Waals surface area contributed by atoms with E-state index < -0.39 is 5.97 Å². The van der Waals surface area contributed by atoms with Crippen molar-refractivity contribution < 1.29 is 9.90 Å². The summed E-state index contributed by atoms with van der Waals surface area (Å²) in [5.41, 5.74) is 9.86. The molecule has 0 radical (unpaired) electrons. The van der Waals surface area contributed by atoms with E-state index in [9.17, 15) is 0 Å². The number of carboxylic acid groups (broad SMARTS) is 1. The van der Waals surface area contributed by atoms with Crippen molar-refractivity contribution >= 4 is 5.97 Å². The van der Waals surface area contributed by atoms with Crippen LogP contribution in [-0.2, 0) is 4.79 Å². The second-order valence-electron chi connectivity index (χ2n) is 1.31. The van der Waals surface area contributed by atoms with E-state index in [-0.39, 0.29) is 0 Å². The van der Waals surface area contributed by atoms with Crippen LogP contribution in [0.15, 0.2) is 11.9 Å². The summed E-state index contributed by atoms with van der Waals surface area (Å²) in [5, 5.41) is 7.42. The molecule has 54 valence electrons. The molecule has 0 saturated heterocycles. The summed E-state index contributed by atoms with van der Waals surface area (Å²) in [6.45, 7) is 2.87. The van der Waals surface area contributed by atoms with Gasteiger partial charge in [-0.15, -0.1) is 0 Å². The van der Waals surface area contributed by atoms with Gasteiger partial charge in [-0.3, -0.25) is 4.79 Å². The highest BCUT2D eigenvalue weighted by molar-refractivity contribution is 5.62. The Morgan fingerprint density at radius 2 is 1.67 bits per heavy atom. The predicted octanol–water partition coefficient (Wildman–Crippen LogP) is -0.144. The number of carboxylic acids is 1. The average Bonchev–Trinajstić information content (AvgIpc) is 1.65. The van der Waals surface area contributed by atoms with E-state index in [2.05, 4.69) is 0 Å². The summed E-state index contributed by atoms with van der Waals surface area (Å²) in [4.78, 5) is 9.00. The van der Waals surface area contributed by atoms with Crippen LogP contribution >= 0.6 is 0 Å². The summed E-state index contributed by atoms with van der Waals surface area (Å²) < 4.78 is 0. The minimum atomic E-state index is -0.833. The van der Waals surface area contributed by atoms with Crippen LogP contribution in [0.25, 0.3) is 0 Å². The normalized spacial score (nSPS) is 6.44. The first-order valence-electron chi connectivity index (χ1n) is 2.37.